The van der Waals surface area contributed by atoms with Gasteiger partial charge in [0.15, 0.2) is 10.7 Å². The Balaban J connectivity index is 1.12. The van der Waals surface area contributed by atoms with Gasteiger partial charge in [-0.1, -0.05) is 53.5 Å². The summed E-state index contributed by atoms with van der Waals surface area (Å²) >= 11 is 17.6. The van der Waals surface area contributed by atoms with Crippen LogP contribution in [-0.4, -0.2) is 16.0 Å². The molecule has 0 aliphatic carbocycles. The first-order valence-corrected chi connectivity index (χ1v) is 12.4. The molecule has 0 radical (unpaired) electrons. The number of hydrogen-bond acceptors (Lipinski definition) is 5. The Morgan fingerprint density at radius 1 is 0.946 bits per heavy atom. The van der Waals surface area contributed by atoms with Crippen LogP contribution in [0.4, 0.5) is 0 Å². The fraction of sp³-hybridized carbons (Fsp3) is 0.0357. The zero-order chi connectivity index (χ0) is 25.8. The summed E-state index contributed by atoms with van der Waals surface area (Å²) in [6.45, 7) is 0.443. The number of rotatable bonds is 6. The van der Waals surface area contributed by atoms with Crippen molar-refractivity contribution in [2.24, 2.45) is 0 Å². The molecule has 0 spiro atoms. The van der Waals surface area contributed by atoms with Gasteiger partial charge in [-0.2, -0.15) is 0 Å². The number of oxazole rings is 1. The summed E-state index contributed by atoms with van der Waals surface area (Å²) in [5, 5.41) is 6.69. The molecule has 0 fully saturated rings. The minimum Gasteiger partial charge on any atom is -0.457 e. The van der Waals surface area contributed by atoms with E-state index in [1.54, 1.807) is 36.4 Å². The molecular formula is C28H19Cl2N3O3S. The lowest BCUT2D eigenvalue weighted by Gasteiger charge is -2.08. The minimum absolute atomic E-state index is 0.212. The summed E-state index contributed by atoms with van der Waals surface area (Å²) < 4.78 is 11.6. The number of amides is 1. The smallest absolute Gasteiger partial charge is 0.250 e. The fourth-order valence-electron chi connectivity index (χ4n) is 3.58. The molecule has 5 aromatic rings. The van der Waals surface area contributed by atoms with E-state index in [4.69, 9.17) is 44.3 Å². The van der Waals surface area contributed by atoms with Crippen molar-refractivity contribution < 1.29 is 13.6 Å². The molecule has 184 valence electrons. The van der Waals surface area contributed by atoms with Crippen LogP contribution >= 0.6 is 35.4 Å². The zero-order valence-corrected chi connectivity index (χ0v) is 21.5. The lowest BCUT2D eigenvalue weighted by molar-refractivity contribution is -0.115. The van der Waals surface area contributed by atoms with Crippen LogP contribution < -0.4 is 10.6 Å². The molecule has 3 aromatic carbocycles. The Kier molecular flexibility index (Phi) is 7.37. The quantitative estimate of drug-likeness (QED) is 0.172. The zero-order valence-electron chi connectivity index (χ0n) is 19.2. The largest absolute Gasteiger partial charge is 0.457 e. The van der Waals surface area contributed by atoms with Crippen LogP contribution in [0.25, 0.3) is 40.0 Å². The van der Waals surface area contributed by atoms with E-state index < -0.39 is 0 Å². The first-order valence-electron chi connectivity index (χ1n) is 11.2. The average Bonchev–Trinajstić information content (AvgIpc) is 3.55. The van der Waals surface area contributed by atoms with Crippen molar-refractivity contribution >= 4 is 63.6 Å². The lowest BCUT2D eigenvalue weighted by Crippen LogP contribution is -2.37. The number of carbonyl (C=O) groups is 1. The SMILES string of the molecule is O=C(/C=C/c1ccc(-c2cccc(Cl)c2Cl)o1)NC(=S)NCc1ccc(-c2nc3ccccc3o2)cc1. The topological polar surface area (TPSA) is 80.3 Å². The number of halogens is 2. The van der Waals surface area contributed by atoms with Crippen LogP contribution in [0.1, 0.15) is 11.3 Å². The maximum absolute atomic E-state index is 12.3. The van der Waals surface area contributed by atoms with Crippen molar-refractivity contribution in [1.29, 1.82) is 0 Å². The number of benzene rings is 3. The number of furan rings is 1. The number of hydrogen-bond donors (Lipinski definition) is 2. The predicted octanol–water partition coefficient (Wildman–Crippen LogP) is 7.27. The van der Waals surface area contributed by atoms with Gasteiger partial charge in [-0.3, -0.25) is 10.1 Å². The van der Waals surface area contributed by atoms with E-state index in [1.807, 2.05) is 48.5 Å². The number of carbonyl (C=O) groups excluding carboxylic acids is 1. The van der Waals surface area contributed by atoms with Gasteiger partial charge < -0.3 is 14.2 Å². The summed E-state index contributed by atoms with van der Waals surface area (Å²) in [6, 6.07) is 24.2. The summed E-state index contributed by atoms with van der Waals surface area (Å²) in [4.78, 5) is 16.8. The monoisotopic (exact) mass is 547 g/mol. The van der Waals surface area contributed by atoms with Gasteiger partial charge in [0.2, 0.25) is 11.8 Å². The lowest BCUT2D eigenvalue weighted by atomic mass is 10.1. The molecule has 0 saturated carbocycles. The van der Waals surface area contributed by atoms with Crippen LogP contribution in [0.15, 0.2) is 93.8 Å². The first kappa shape index (κ1) is 24.8. The Hall–Kier alpha value is -3.91. The Morgan fingerprint density at radius 2 is 1.76 bits per heavy atom. The highest BCUT2D eigenvalue weighted by atomic mass is 35.5. The number of fused-ring (bicyclic) bond motifs is 1. The van der Waals surface area contributed by atoms with Gasteiger partial charge in [-0.15, -0.1) is 0 Å². The second kappa shape index (κ2) is 11.0. The maximum atomic E-state index is 12.3. The normalized spacial score (nSPS) is 11.2. The Bertz CT molecular complexity index is 1590. The molecule has 0 bridgehead atoms. The molecule has 2 heterocycles. The molecule has 2 N–H and O–H groups in total. The minimum atomic E-state index is -0.387. The summed E-state index contributed by atoms with van der Waals surface area (Å²) in [6.07, 6.45) is 2.88. The molecule has 0 aliphatic rings. The van der Waals surface area contributed by atoms with Crippen LogP contribution in [0.2, 0.25) is 10.0 Å². The molecule has 37 heavy (non-hydrogen) atoms. The van der Waals surface area contributed by atoms with Gasteiger partial charge in [0.05, 0.1) is 10.0 Å². The van der Waals surface area contributed by atoms with Gasteiger partial charge in [0.1, 0.15) is 17.0 Å². The Morgan fingerprint density at radius 3 is 2.57 bits per heavy atom. The van der Waals surface area contributed by atoms with Crippen LogP contribution in [0, 0.1) is 0 Å². The second-order valence-electron chi connectivity index (χ2n) is 7.99. The summed E-state index contributed by atoms with van der Waals surface area (Å²) in [5.41, 5.74) is 4.09. The van der Waals surface area contributed by atoms with Crippen LogP contribution in [-0.2, 0) is 11.3 Å². The van der Waals surface area contributed by atoms with Crippen molar-refractivity contribution in [3.8, 4) is 22.8 Å². The highest BCUT2D eigenvalue weighted by Crippen LogP contribution is 2.34. The molecule has 0 atom stereocenters. The molecule has 0 aliphatic heterocycles. The number of thiocarbonyl (C=S) groups is 1. The highest BCUT2D eigenvalue weighted by Gasteiger charge is 2.11. The van der Waals surface area contributed by atoms with Gasteiger partial charge in [0, 0.05) is 23.7 Å². The molecule has 2 aromatic heterocycles. The molecular weight excluding hydrogens is 529 g/mol. The van der Waals surface area contributed by atoms with E-state index in [9.17, 15) is 4.79 Å². The van der Waals surface area contributed by atoms with E-state index in [2.05, 4.69) is 15.6 Å². The fourth-order valence-corrected chi connectivity index (χ4v) is 4.15. The van der Waals surface area contributed by atoms with Crippen molar-refractivity contribution in [3.05, 3.63) is 106 Å². The van der Waals surface area contributed by atoms with Gasteiger partial charge in [-0.25, -0.2) is 4.98 Å². The van der Waals surface area contributed by atoms with E-state index in [0.717, 1.165) is 22.2 Å². The average molecular weight is 548 g/mol. The number of nitrogens with one attached hydrogen (secondary N) is 2. The Labute approximate surface area is 227 Å². The third kappa shape index (κ3) is 5.91. The molecule has 0 saturated heterocycles. The molecule has 6 nitrogen and oxygen atoms in total. The predicted molar refractivity (Wildman–Crippen MR) is 150 cm³/mol. The summed E-state index contributed by atoms with van der Waals surface area (Å²) in [7, 11) is 0. The van der Waals surface area contributed by atoms with Crippen LogP contribution in [0.3, 0.4) is 0 Å². The third-order valence-corrected chi connectivity index (χ3v) is 6.49. The van der Waals surface area contributed by atoms with E-state index in [1.165, 1.54) is 6.08 Å². The molecule has 0 unspecified atom stereocenters. The highest BCUT2D eigenvalue weighted by molar-refractivity contribution is 7.80. The van der Waals surface area contributed by atoms with Crippen molar-refractivity contribution in [1.82, 2.24) is 15.6 Å². The number of nitrogens with zero attached hydrogens (tertiary/aromatic N) is 1. The summed E-state index contributed by atoms with van der Waals surface area (Å²) in [5.74, 6) is 1.21. The van der Waals surface area contributed by atoms with Crippen molar-refractivity contribution in [3.63, 3.8) is 0 Å². The molecule has 5 rings (SSSR count). The van der Waals surface area contributed by atoms with Crippen molar-refractivity contribution in [2.45, 2.75) is 6.54 Å². The van der Waals surface area contributed by atoms with Crippen molar-refractivity contribution in [2.75, 3.05) is 0 Å². The van der Waals surface area contributed by atoms with Gasteiger partial charge >= 0.3 is 0 Å². The number of aromatic nitrogens is 1. The van der Waals surface area contributed by atoms with E-state index in [-0.39, 0.29) is 11.0 Å². The van der Waals surface area contributed by atoms with Gasteiger partial charge in [-0.05, 0) is 72.4 Å². The first-order chi connectivity index (χ1) is 18.0. The second-order valence-corrected chi connectivity index (χ2v) is 9.19. The molecule has 1 amide bonds. The number of para-hydroxylation sites is 2. The molecule has 9 heteroatoms. The maximum Gasteiger partial charge on any atom is 0.250 e. The van der Waals surface area contributed by atoms with E-state index >= 15 is 0 Å². The van der Waals surface area contributed by atoms with Gasteiger partial charge in [0.25, 0.3) is 0 Å². The van der Waals surface area contributed by atoms with Crippen LogP contribution in [0.5, 0.6) is 0 Å². The standard InChI is InChI=1S/C28H19Cl2N3O3S/c29-21-5-3-4-20(26(21)30)23-14-12-19(35-23)13-15-25(34)33-28(37)31-16-17-8-10-18(11-9-17)27-32-22-6-1-2-7-24(22)36-27/h1-15H,16H2,(H2,31,33,34,37)/b15-13+. The van der Waals surface area contributed by atoms with E-state index in [0.29, 0.717) is 39.6 Å². The third-order valence-electron chi connectivity index (χ3n) is 5.43.